The van der Waals surface area contributed by atoms with Crippen molar-refractivity contribution >= 4 is 17.5 Å². The van der Waals surface area contributed by atoms with E-state index in [1.165, 1.54) is 0 Å². The number of hydrogen-bond acceptors (Lipinski definition) is 3. The highest BCUT2D eigenvalue weighted by molar-refractivity contribution is 5.97. The van der Waals surface area contributed by atoms with Gasteiger partial charge in [-0.2, -0.15) is 0 Å². The van der Waals surface area contributed by atoms with Crippen LogP contribution >= 0.6 is 0 Å². The van der Waals surface area contributed by atoms with Crippen LogP contribution in [0.3, 0.4) is 0 Å². The third-order valence-corrected chi connectivity index (χ3v) is 4.79. The predicted octanol–water partition coefficient (Wildman–Crippen LogP) is 1.67. The number of nitrogens with zero attached hydrogens (tertiary/aromatic N) is 1. The molecule has 1 aliphatic carbocycles. The minimum atomic E-state index is -0.0513. The third-order valence-electron chi connectivity index (χ3n) is 4.79. The summed E-state index contributed by atoms with van der Waals surface area (Å²) in [5, 5.41) is 3.09. The fourth-order valence-corrected chi connectivity index (χ4v) is 3.47. The van der Waals surface area contributed by atoms with Crippen molar-refractivity contribution in [3.8, 4) is 0 Å². The Bertz CT molecular complexity index is 556. The number of carbonyl (C=O) groups is 2. The molecule has 1 heterocycles. The smallest absolute Gasteiger partial charge is 0.251 e. The zero-order valence-corrected chi connectivity index (χ0v) is 12.8. The zero-order valence-electron chi connectivity index (χ0n) is 12.8. The maximum absolute atomic E-state index is 12.3. The number of benzene rings is 1. The molecule has 0 aromatic heterocycles. The van der Waals surface area contributed by atoms with E-state index in [4.69, 9.17) is 5.73 Å². The van der Waals surface area contributed by atoms with Gasteiger partial charge in [0.15, 0.2) is 0 Å². The molecule has 1 aromatic rings. The van der Waals surface area contributed by atoms with Crippen LogP contribution in [0.2, 0.25) is 0 Å². The number of amides is 2. The van der Waals surface area contributed by atoms with Crippen LogP contribution in [0.25, 0.3) is 0 Å². The summed E-state index contributed by atoms with van der Waals surface area (Å²) in [7, 11) is 0. The fourth-order valence-electron chi connectivity index (χ4n) is 3.47. The lowest BCUT2D eigenvalue weighted by Gasteiger charge is -2.20. The Hall–Kier alpha value is -1.88. The summed E-state index contributed by atoms with van der Waals surface area (Å²) in [6.07, 6.45) is 4.75. The number of anilines is 1. The zero-order chi connectivity index (χ0) is 15.5. The van der Waals surface area contributed by atoms with Crippen LogP contribution < -0.4 is 16.0 Å². The highest BCUT2D eigenvalue weighted by Crippen LogP contribution is 2.25. The second kappa shape index (κ2) is 6.48. The van der Waals surface area contributed by atoms with Crippen molar-refractivity contribution < 1.29 is 9.59 Å². The lowest BCUT2D eigenvalue weighted by Crippen LogP contribution is -2.39. The minimum absolute atomic E-state index is 0.0513. The first-order valence-electron chi connectivity index (χ1n) is 8.10. The SMILES string of the molecule is NCC1CCCC1NC(=O)c1ccc(N2CCCC2=O)cc1. The van der Waals surface area contributed by atoms with E-state index in [1.54, 1.807) is 17.0 Å². The molecule has 5 heteroatoms. The molecule has 2 amide bonds. The van der Waals surface area contributed by atoms with Gasteiger partial charge in [0.05, 0.1) is 0 Å². The molecule has 0 bridgehead atoms. The Kier molecular flexibility index (Phi) is 4.43. The molecule has 2 aliphatic rings. The first-order valence-corrected chi connectivity index (χ1v) is 8.10. The predicted molar refractivity (Wildman–Crippen MR) is 85.7 cm³/mol. The van der Waals surface area contributed by atoms with Crippen molar-refractivity contribution in [2.75, 3.05) is 18.0 Å². The van der Waals surface area contributed by atoms with Gasteiger partial charge in [-0.1, -0.05) is 6.42 Å². The summed E-state index contributed by atoms with van der Waals surface area (Å²) in [4.78, 5) is 25.8. The molecular formula is C17H23N3O2. The van der Waals surface area contributed by atoms with Gasteiger partial charge in [0, 0.05) is 30.3 Å². The van der Waals surface area contributed by atoms with E-state index in [0.717, 1.165) is 37.9 Å². The van der Waals surface area contributed by atoms with Gasteiger partial charge in [-0.25, -0.2) is 0 Å². The van der Waals surface area contributed by atoms with Crippen molar-refractivity contribution in [2.24, 2.45) is 11.7 Å². The Morgan fingerprint density at radius 1 is 1.23 bits per heavy atom. The van der Waals surface area contributed by atoms with E-state index in [2.05, 4.69) is 5.32 Å². The molecule has 3 rings (SSSR count). The molecule has 3 N–H and O–H groups in total. The molecule has 1 aromatic carbocycles. The van der Waals surface area contributed by atoms with Crippen LogP contribution in [0, 0.1) is 5.92 Å². The molecule has 0 radical (unpaired) electrons. The first-order chi connectivity index (χ1) is 10.7. The molecule has 1 saturated carbocycles. The van der Waals surface area contributed by atoms with E-state index in [0.29, 0.717) is 24.4 Å². The highest BCUT2D eigenvalue weighted by Gasteiger charge is 2.27. The number of carbonyl (C=O) groups excluding carboxylic acids is 2. The third kappa shape index (κ3) is 2.99. The van der Waals surface area contributed by atoms with E-state index >= 15 is 0 Å². The van der Waals surface area contributed by atoms with Crippen LogP contribution in [0.15, 0.2) is 24.3 Å². The number of nitrogens with two attached hydrogens (primary N) is 1. The summed E-state index contributed by atoms with van der Waals surface area (Å²) in [6.45, 7) is 1.39. The van der Waals surface area contributed by atoms with Crippen LogP contribution in [0.1, 0.15) is 42.5 Å². The van der Waals surface area contributed by atoms with E-state index in [-0.39, 0.29) is 17.9 Å². The normalized spacial score (nSPS) is 24.8. The quantitative estimate of drug-likeness (QED) is 0.888. The topological polar surface area (TPSA) is 75.4 Å². The molecule has 1 saturated heterocycles. The molecule has 2 unspecified atom stereocenters. The lowest BCUT2D eigenvalue weighted by atomic mass is 10.0. The molecule has 2 fully saturated rings. The highest BCUT2D eigenvalue weighted by atomic mass is 16.2. The summed E-state index contributed by atoms with van der Waals surface area (Å²) >= 11 is 0. The van der Waals surface area contributed by atoms with Gasteiger partial charge < -0.3 is 16.0 Å². The van der Waals surface area contributed by atoms with Crippen LogP contribution in [-0.2, 0) is 4.79 Å². The van der Waals surface area contributed by atoms with E-state index < -0.39 is 0 Å². The standard InChI is InChI=1S/C17H23N3O2/c18-11-13-3-1-4-15(13)19-17(22)12-6-8-14(9-7-12)20-10-2-5-16(20)21/h6-9,13,15H,1-5,10-11,18H2,(H,19,22). The molecule has 2 atom stereocenters. The largest absolute Gasteiger partial charge is 0.349 e. The van der Waals surface area contributed by atoms with Crippen molar-refractivity contribution in [1.29, 1.82) is 0 Å². The maximum atomic E-state index is 12.3. The molecule has 1 aliphatic heterocycles. The van der Waals surface area contributed by atoms with Crippen molar-refractivity contribution in [2.45, 2.75) is 38.1 Å². The Morgan fingerprint density at radius 3 is 2.64 bits per heavy atom. The number of hydrogen-bond donors (Lipinski definition) is 2. The second-order valence-corrected chi connectivity index (χ2v) is 6.20. The van der Waals surface area contributed by atoms with Gasteiger partial charge in [-0.3, -0.25) is 9.59 Å². The summed E-state index contributed by atoms with van der Waals surface area (Å²) in [5.41, 5.74) is 7.26. The van der Waals surface area contributed by atoms with Gasteiger partial charge in [0.25, 0.3) is 5.91 Å². The van der Waals surface area contributed by atoms with Gasteiger partial charge in [-0.05, 0) is 56.0 Å². The van der Waals surface area contributed by atoms with E-state index in [1.807, 2.05) is 12.1 Å². The lowest BCUT2D eigenvalue weighted by molar-refractivity contribution is -0.117. The van der Waals surface area contributed by atoms with E-state index in [9.17, 15) is 9.59 Å². The first kappa shape index (κ1) is 15.0. The Morgan fingerprint density at radius 2 is 2.00 bits per heavy atom. The van der Waals surface area contributed by atoms with Crippen molar-refractivity contribution in [3.05, 3.63) is 29.8 Å². The average molecular weight is 301 g/mol. The van der Waals surface area contributed by atoms with Crippen LogP contribution in [-0.4, -0.2) is 30.9 Å². The van der Waals surface area contributed by atoms with Gasteiger partial charge in [-0.15, -0.1) is 0 Å². The summed E-state index contributed by atoms with van der Waals surface area (Å²) in [6, 6.07) is 7.49. The van der Waals surface area contributed by atoms with Crippen molar-refractivity contribution in [3.63, 3.8) is 0 Å². The maximum Gasteiger partial charge on any atom is 0.251 e. The molecular weight excluding hydrogens is 278 g/mol. The summed E-state index contributed by atoms with van der Waals surface area (Å²) in [5.74, 6) is 0.504. The molecule has 5 nitrogen and oxygen atoms in total. The fraction of sp³-hybridized carbons (Fsp3) is 0.529. The van der Waals surface area contributed by atoms with Gasteiger partial charge in [0.1, 0.15) is 0 Å². The monoisotopic (exact) mass is 301 g/mol. The Labute approximate surface area is 130 Å². The van der Waals surface area contributed by atoms with Crippen LogP contribution in [0.4, 0.5) is 5.69 Å². The van der Waals surface area contributed by atoms with Gasteiger partial charge >= 0.3 is 0 Å². The molecule has 22 heavy (non-hydrogen) atoms. The minimum Gasteiger partial charge on any atom is -0.349 e. The van der Waals surface area contributed by atoms with Crippen LogP contribution in [0.5, 0.6) is 0 Å². The molecule has 0 spiro atoms. The number of nitrogens with one attached hydrogen (secondary N) is 1. The summed E-state index contributed by atoms with van der Waals surface area (Å²) < 4.78 is 0. The second-order valence-electron chi connectivity index (χ2n) is 6.20. The number of rotatable bonds is 4. The van der Waals surface area contributed by atoms with Gasteiger partial charge in [0.2, 0.25) is 5.91 Å². The van der Waals surface area contributed by atoms with Crippen molar-refractivity contribution in [1.82, 2.24) is 5.32 Å². The average Bonchev–Trinajstić information content (AvgIpc) is 3.16. The molecule has 118 valence electrons. The Balaban J connectivity index is 1.65.